The number of anilines is 1. The third kappa shape index (κ3) is 4.01. The Morgan fingerprint density at radius 3 is 2.94 bits per heavy atom. The molecule has 0 bridgehead atoms. The van der Waals surface area contributed by atoms with Gasteiger partial charge in [0, 0.05) is 18.7 Å². The summed E-state index contributed by atoms with van der Waals surface area (Å²) in [5.74, 6) is 0. The van der Waals surface area contributed by atoms with Gasteiger partial charge in [0.15, 0.2) is 5.11 Å². The average Bonchev–Trinajstić information content (AvgIpc) is 2.29. The summed E-state index contributed by atoms with van der Waals surface area (Å²) < 4.78 is 0. The zero-order valence-corrected chi connectivity index (χ0v) is 10.3. The van der Waals surface area contributed by atoms with E-state index >= 15 is 0 Å². The average molecular weight is 272 g/mol. The van der Waals surface area contributed by atoms with Crippen molar-refractivity contribution in [1.82, 2.24) is 5.32 Å². The van der Waals surface area contributed by atoms with Crippen molar-refractivity contribution in [2.45, 2.75) is 0 Å². The van der Waals surface area contributed by atoms with Crippen molar-refractivity contribution in [3.05, 3.63) is 46.0 Å². The van der Waals surface area contributed by atoms with Crippen LogP contribution in [0.25, 0.3) is 0 Å². The molecular formula is C10H10ClN3O2S. The van der Waals surface area contributed by atoms with Crippen LogP contribution in [0.4, 0.5) is 11.4 Å². The molecule has 0 saturated heterocycles. The van der Waals surface area contributed by atoms with E-state index in [1.54, 1.807) is 6.08 Å². The maximum absolute atomic E-state index is 10.6. The van der Waals surface area contributed by atoms with Crippen molar-refractivity contribution in [1.29, 1.82) is 0 Å². The second-order valence-corrected chi connectivity index (χ2v) is 3.86. The smallest absolute Gasteiger partial charge is 0.271 e. The molecule has 0 aliphatic heterocycles. The second-order valence-electron chi connectivity index (χ2n) is 3.04. The summed E-state index contributed by atoms with van der Waals surface area (Å²) in [5.41, 5.74) is 0.339. The first-order chi connectivity index (χ1) is 8.04. The van der Waals surface area contributed by atoms with Gasteiger partial charge in [-0.05, 0) is 18.3 Å². The van der Waals surface area contributed by atoms with Crippen LogP contribution in [0, 0.1) is 10.1 Å². The molecule has 17 heavy (non-hydrogen) atoms. The van der Waals surface area contributed by atoms with Gasteiger partial charge in [0.2, 0.25) is 0 Å². The first-order valence-electron chi connectivity index (χ1n) is 4.64. The van der Waals surface area contributed by atoms with Gasteiger partial charge < -0.3 is 10.6 Å². The summed E-state index contributed by atoms with van der Waals surface area (Å²) >= 11 is 10.9. The van der Waals surface area contributed by atoms with Crippen LogP contribution in [0.3, 0.4) is 0 Å². The van der Waals surface area contributed by atoms with Crippen LogP contribution in [0.5, 0.6) is 0 Å². The Labute approximate surface area is 109 Å². The standard InChI is InChI=1S/C10H10ClN3O2S/c1-2-5-12-10(17)13-9-6-7(14(15)16)3-4-8(9)11/h2-4,6H,1,5H2,(H2,12,13,17). The Bertz CT molecular complexity index is 465. The summed E-state index contributed by atoms with van der Waals surface area (Å²) in [6, 6.07) is 4.09. The fourth-order valence-electron chi connectivity index (χ4n) is 1.05. The van der Waals surface area contributed by atoms with Gasteiger partial charge >= 0.3 is 0 Å². The Balaban J connectivity index is 2.82. The molecule has 0 aliphatic rings. The molecule has 2 N–H and O–H groups in total. The number of nitro benzene ring substituents is 1. The fourth-order valence-corrected chi connectivity index (χ4v) is 1.41. The van der Waals surface area contributed by atoms with Crippen molar-refractivity contribution in [2.75, 3.05) is 11.9 Å². The molecule has 0 unspecified atom stereocenters. The normalized spacial score (nSPS) is 9.47. The minimum absolute atomic E-state index is 0.0524. The molecule has 1 rings (SSSR count). The van der Waals surface area contributed by atoms with Gasteiger partial charge in [-0.1, -0.05) is 17.7 Å². The third-order valence-electron chi connectivity index (χ3n) is 1.82. The highest BCUT2D eigenvalue weighted by Crippen LogP contribution is 2.26. The monoisotopic (exact) mass is 271 g/mol. The van der Waals surface area contributed by atoms with E-state index in [2.05, 4.69) is 17.2 Å². The van der Waals surface area contributed by atoms with Gasteiger partial charge in [-0.25, -0.2) is 0 Å². The maximum Gasteiger partial charge on any atom is 0.271 e. The summed E-state index contributed by atoms with van der Waals surface area (Å²) in [6.45, 7) is 4.03. The van der Waals surface area contributed by atoms with Crippen LogP contribution in [-0.4, -0.2) is 16.6 Å². The number of nitrogens with one attached hydrogen (secondary N) is 2. The van der Waals surface area contributed by atoms with E-state index in [4.69, 9.17) is 23.8 Å². The van der Waals surface area contributed by atoms with Crippen LogP contribution < -0.4 is 10.6 Å². The summed E-state index contributed by atoms with van der Waals surface area (Å²) in [5, 5.41) is 16.9. The predicted molar refractivity (Wildman–Crippen MR) is 72.5 cm³/mol. The first-order valence-corrected chi connectivity index (χ1v) is 5.43. The van der Waals surface area contributed by atoms with E-state index in [-0.39, 0.29) is 5.69 Å². The zero-order chi connectivity index (χ0) is 12.8. The molecule has 0 aliphatic carbocycles. The van der Waals surface area contributed by atoms with Crippen LogP contribution in [0.2, 0.25) is 5.02 Å². The number of rotatable bonds is 4. The molecule has 7 heteroatoms. The van der Waals surface area contributed by atoms with Crippen LogP contribution in [0.1, 0.15) is 0 Å². The van der Waals surface area contributed by atoms with Crippen molar-refractivity contribution < 1.29 is 4.92 Å². The molecule has 90 valence electrons. The number of halogens is 1. The van der Waals surface area contributed by atoms with Gasteiger partial charge in [-0.15, -0.1) is 6.58 Å². The number of thiocarbonyl (C=S) groups is 1. The Morgan fingerprint density at radius 1 is 1.65 bits per heavy atom. The number of hydrogen-bond acceptors (Lipinski definition) is 3. The molecule has 0 atom stereocenters. The van der Waals surface area contributed by atoms with Gasteiger partial charge in [0.1, 0.15) is 0 Å². The highest BCUT2D eigenvalue weighted by molar-refractivity contribution is 7.80. The minimum atomic E-state index is -0.498. The molecule has 0 fully saturated rings. The predicted octanol–water partition coefficient (Wildman–Crippen LogP) is 2.72. The number of non-ortho nitro benzene ring substituents is 1. The molecule has 1 aromatic rings. The number of benzene rings is 1. The molecule has 0 amide bonds. The minimum Gasteiger partial charge on any atom is -0.359 e. The van der Waals surface area contributed by atoms with Gasteiger partial charge in [-0.3, -0.25) is 10.1 Å². The van der Waals surface area contributed by atoms with Crippen molar-refractivity contribution in [3.8, 4) is 0 Å². The lowest BCUT2D eigenvalue weighted by molar-refractivity contribution is -0.384. The van der Waals surface area contributed by atoms with Gasteiger partial charge in [0.05, 0.1) is 15.6 Å². The maximum atomic E-state index is 10.6. The van der Waals surface area contributed by atoms with Crippen LogP contribution >= 0.6 is 23.8 Å². The van der Waals surface area contributed by atoms with E-state index in [1.165, 1.54) is 18.2 Å². The lowest BCUT2D eigenvalue weighted by Gasteiger charge is -2.10. The third-order valence-corrected chi connectivity index (χ3v) is 2.39. The topological polar surface area (TPSA) is 67.2 Å². The molecule has 0 saturated carbocycles. The highest BCUT2D eigenvalue weighted by atomic mass is 35.5. The van der Waals surface area contributed by atoms with Crippen molar-refractivity contribution >= 4 is 40.3 Å². The van der Waals surface area contributed by atoms with E-state index in [0.29, 0.717) is 22.4 Å². The zero-order valence-electron chi connectivity index (χ0n) is 8.77. The Morgan fingerprint density at radius 2 is 2.35 bits per heavy atom. The summed E-state index contributed by atoms with van der Waals surface area (Å²) in [6.07, 6.45) is 1.64. The lowest BCUT2D eigenvalue weighted by Crippen LogP contribution is -2.28. The van der Waals surface area contributed by atoms with E-state index in [1.807, 2.05) is 0 Å². The number of hydrogen-bond donors (Lipinski definition) is 2. The summed E-state index contributed by atoms with van der Waals surface area (Å²) in [4.78, 5) is 10.1. The molecule has 0 radical (unpaired) electrons. The largest absolute Gasteiger partial charge is 0.359 e. The lowest BCUT2D eigenvalue weighted by atomic mass is 10.3. The Kier molecular flexibility index (Phi) is 4.86. The first kappa shape index (κ1) is 13.4. The van der Waals surface area contributed by atoms with E-state index in [0.717, 1.165) is 0 Å². The molecule has 5 nitrogen and oxygen atoms in total. The van der Waals surface area contributed by atoms with E-state index < -0.39 is 4.92 Å². The van der Waals surface area contributed by atoms with Crippen molar-refractivity contribution in [2.24, 2.45) is 0 Å². The quantitative estimate of drug-likeness (QED) is 0.381. The molecule has 0 heterocycles. The van der Waals surface area contributed by atoms with E-state index in [9.17, 15) is 10.1 Å². The van der Waals surface area contributed by atoms with Crippen LogP contribution in [0.15, 0.2) is 30.9 Å². The molecule has 0 spiro atoms. The fraction of sp³-hybridized carbons (Fsp3) is 0.100. The molecular weight excluding hydrogens is 262 g/mol. The Hall–Kier alpha value is -1.66. The van der Waals surface area contributed by atoms with Crippen LogP contribution in [-0.2, 0) is 0 Å². The molecule has 1 aromatic carbocycles. The SMILES string of the molecule is C=CCNC(=S)Nc1cc([N+](=O)[O-])ccc1Cl. The van der Waals surface area contributed by atoms with Crippen molar-refractivity contribution in [3.63, 3.8) is 0 Å². The van der Waals surface area contributed by atoms with Gasteiger partial charge in [-0.2, -0.15) is 0 Å². The number of nitro groups is 1. The number of nitrogens with zero attached hydrogens (tertiary/aromatic N) is 1. The summed E-state index contributed by atoms with van der Waals surface area (Å²) in [7, 11) is 0. The second kappa shape index (κ2) is 6.17. The highest BCUT2D eigenvalue weighted by Gasteiger charge is 2.10. The van der Waals surface area contributed by atoms with Gasteiger partial charge in [0.25, 0.3) is 5.69 Å². The molecule has 0 aromatic heterocycles.